The summed E-state index contributed by atoms with van der Waals surface area (Å²) < 4.78 is 19.1. The molecule has 2 rings (SSSR count). The number of hydrogen-bond acceptors (Lipinski definition) is 5. The summed E-state index contributed by atoms with van der Waals surface area (Å²) in [6.07, 6.45) is 2.41. The first-order valence-corrected chi connectivity index (χ1v) is 6.52. The lowest BCUT2D eigenvalue weighted by Gasteiger charge is -2.10. The minimum absolute atomic E-state index is 0.0186. The van der Waals surface area contributed by atoms with Crippen LogP contribution in [0.5, 0.6) is 11.6 Å². The van der Waals surface area contributed by atoms with Gasteiger partial charge in [0.2, 0.25) is 11.6 Å². The number of rotatable bonds is 5. The van der Waals surface area contributed by atoms with E-state index in [0.29, 0.717) is 12.0 Å². The summed E-state index contributed by atoms with van der Waals surface area (Å²) in [5.74, 6) is -1.32. The smallest absolute Gasteiger partial charge is 0.314 e. The second-order valence-electron chi connectivity index (χ2n) is 4.15. The van der Waals surface area contributed by atoms with Crippen molar-refractivity contribution in [2.45, 2.75) is 19.8 Å². The predicted molar refractivity (Wildman–Crippen MR) is 74.2 cm³/mol. The Morgan fingerprint density at radius 1 is 1.43 bits per heavy atom. The summed E-state index contributed by atoms with van der Waals surface area (Å²) in [5, 5.41) is 11.1. The van der Waals surface area contributed by atoms with Gasteiger partial charge < -0.3 is 4.74 Å². The number of aromatic nitrogens is 2. The largest absolute Gasteiger partial charge is 0.428 e. The number of nitrogens with zero attached hydrogens (tertiary/aromatic N) is 3. The van der Waals surface area contributed by atoms with E-state index in [0.717, 1.165) is 24.9 Å². The Morgan fingerprint density at radius 2 is 2.19 bits per heavy atom. The second kappa shape index (κ2) is 6.45. The number of nitro benzene ring substituents is 1. The maximum absolute atomic E-state index is 13.8. The van der Waals surface area contributed by atoms with E-state index in [1.165, 1.54) is 6.07 Å². The van der Waals surface area contributed by atoms with Crippen molar-refractivity contribution in [3.8, 4) is 11.6 Å². The lowest BCUT2D eigenvalue weighted by atomic mass is 10.2. The van der Waals surface area contributed by atoms with E-state index in [-0.39, 0.29) is 11.0 Å². The topological polar surface area (TPSA) is 78.2 Å². The molecule has 0 saturated carbocycles. The zero-order valence-electron chi connectivity index (χ0n) is 11.0. The number of nitro groups is 1. The molecule has 0 N–H and O–H groups in total. The maximum atomic E-state index is 13.8. The molecule has 2 aromatic rings. The molecule has 0 aliphatic rings. The van der Waals surface area contributed by atoms with E-state index < -0.39 is 22.2 Å². The minimum atomic E-state index is -0.846. The molecular formula is C13H11ClFN3O3. The minimum Gasteiger partial charge on any atom is -0.428 e. The molecule has 1 heterocycles. The molecule has 0 spiro atoms. The highest BCUT2D eigenvalue weighted by Crippen LogP contribution is 2.35. The first-order chi connectivity index (χ1) is 10.0. The first-order valence-electron chi connectivity index (χ1n) is 6.14. The van der Waals surface area contributed by atoms with Crippen molar-refractivity contribution in [3.63, 3.8) is 0 Å². The average molecular weight is 312 g/mol. The Kier molecular flexibility index (Phi) is 4.64. The highest BCUT2D eigenvalue weighted by atomic mass is 35.5. The Labute approximate surface area is 124 Å². The number of hydrogen-bond donors (Lipinski definition) is 0. The second-order valence-corrected chi connectivity index (χ2v) is 4.50. The van der Waals surface area contributed by atoms with Gasteiger partial charge in [-0.1, -0.05) is 31.0 Å². The Hall–Kier alpha value is -2.28. The Morgan fingerprint density at radius 3 is 2.86 bits per heavy atom. The van der Waals surface area contributed by atoms with Gasteiger partial charge in [0.15, 0.2) is 5.82 Å². The van der Waals surface area contributed by atoms with Gasteiger partial charge >= 0.3 is 5.69 Å². The van der Waals surface area contributed by atoms with Crippen LogP contribution < -0.4 is 4.74 Å². The van der Waals surface area contributed by atoms with Crippen LogP contribution in [0.25, 0.3) is 0 Å². The molecule has 110 valence electrons. The average Bonchev–Trinajstić information content (AvgIpc) is 2.44. The van der Waals surface area contributed by atoms with Crippen molar-refractivity contribution in [1.29, 1.82) is 0 Å². The van der Waals surface area contributed by atoms with E-state index >= 15 is 0 Å². The van der Waals surface area contributed by atoms with Crippen LogP contribution in [0.2, 0.25) is 5.15 Å². The third-order valence-electron chi connectivity index (χ3n) is 2.69. The number of para-hydroxylation sites is 1. The summed E-state index contributed by atoms with van der Waals surface area (Å²) in [5.41, 5.74) is 0.00593. The monoisotopic (exact) mass is 311 g/mol. The molecule has 0 atom stereocenters. The molecule has 21 heavy (non-hydrogen) atoms. The number of ether oxygens (including phenoxy) is 1. The quantitative estimate of drug-likeness (QED) is 0.475. The van der Waals surface area contributed by atoms with Gasteiger partial charge in [-0.25, -0.2) is 14.4 Å². The molecule has 0 aliphatic carbocycles. The fourth-order valence-electron chi connectivity index (χ4n) is 1.76. The summed E-state index contributed by atoms with van der Waals surface area (Å²) in [4.78, 5) is 17.9. The molecule has 6 nitrogen and oxygen atoms in total. The van der Waals surface area contributed by atoms with Gasteiger partial charge in [-0.15, -0.1) is 0 Å². The van der Waals surface area contributed by atoms with Crippen LogP contribution in [0.15, 0.2) is 24.5 Å². The van der Waals surface area contributed by atoms with Gasteiger partial charge in [-0.05, 0) is 12.5 Å². The van der Waals surface area contributed by atoms with Crippen molar-refractivity contribution in [2.75, 3.05) is 0 Å². The third-order valence-corrected chi connectivity index (χ3v) is 3.02. The van der Waals surface area contributed by atoms with Gasteiger partial charge in [0.25, 0.3) is 0 Å². The van der Waals surface area contributed by atoms with Gasteiger partial charge in [-0.3, -0.25) is 10.1 Å². The van der Waals surface area contributed by atoms with Crippen LogP contribution in [0, 0.1) is 15.9 Å². The van der Waals surface area contributed by atoms with Crippen molar-refractivity contribution in [2.24, 2.45) is 0 Å². The molecular weight excluding hydrogens is 301 g/mol. The van der Waals surface area contributed by atoms with Gasteiger partial charge in [0, 0.05) is 6.07 Å². The molecule has 0 saturated heterocycles. The van der Waals surface area contributed by atoms with Crippen molar-refractivity contribution in [3.05, 3.63) is 51.2 Å². The van der Waals surface area contributed by atoms with E-state index in [1.807, 2.05) is 6.92 Å². The maximum Gasteiger partial charge on any atom is 0.314 e. The van der Waals surface area contributed by atoms with Crippen LogP contribution in [0.1, 0.15) is 18.9 Å². The first kappa shape index (κ1) is 15.1. The van der Waals surface area contributed by atoms with Crippen LogP contribution in [-0.4, -0.2) is 14.9 Å². The highest BCUT2D eigenvalue weighted by Gasteiger charge is 2.22. The molecule has 0 fully saturated rings. The van der Waals surface area contributed by atoms with E-state index in [9.17, 15) is 14.5 Å². The number of benzene rings is 1. The lowest BCUT2D eigenvalue weighted by Crippen LogP contribution is -2.01. The van der Waals surface area contributed by atoms with Crippen molar-refractivity contribution >= 4 is 17.3 Å². The number of halogens is 2. The fraction of sp³-hybridized carbons (Fsp3) is 0.231. The molecule has 8 heteroatoms. The summed E-state index contributed by atoms with van der Waals surface area (Å²) in [6.45, 7) is 1.92. The highest BCUT2D eigenvalue weighted by molar-refractivity contribution is 6.30. The zero-order chi connectivity index (χ0) is 15.4. The molecule has 0 amide bonds. The van der Waals surface area contributed by atoms with Crippen LogP contribution >= 0.6 is 11.6 Å². The van der Waals surface area contributed by atoms with Gasteiger partial charge in [-0.2, -0.15) is 0 Å². The van der Waals surface area contributed by atoms with Gasteiger partial charge in [0.05, 0.1) is 10.5 Å². The van der Waals surface area contributed by atoms with Crippen molar-refractivity contribution < 1.29 is 14.1 Å². The predicted octanol–water partition coefficient (Wildman–Crippen LogP) is 3.92. The Bertz CT molecular complexity index is 682. The summed E-state index contributed by atoms with van der Waals surface area (Å²) in [6, 6.07) is 3.46. The zero-order valence-corrected chi connectivity index (χ0v) is 11.8. The summed E-state index contributed by atoms with van der Waals surface area (Å²) >= 11 is 5.96. The molecule has 0 unspecified atom stereocenters. The van der Waals surface area contributed by atoms with E-state index in [4.69, 9.17) is 16.3 Å². The third kappa shape index (κ3) is 3.25. The summed E-state index contributed by atoms with van der Waals surface area (Å²) in [7, 11) is 0. The normalized spacial score (nSPS) is 10.4. The van der Waals surface area contributed by atoms with E-state index in [1.54, 1.807) is 0 Å². The molecule has 1 aromatic carbocycles. The Balaban J connectivity index is 2.48. The van der Waals surface area contributed by atoms with Gasteiger partial charge in [0.1, 0.15) is 11.5 Å². The SMILES string of the molecule is CCCc1c(Cl)ncnc1Oc1c(F)cccc1[N+](=O)[O-]. The van der Waals surface area contributed by atoms with Crippen molar-refractivity contribution in [1.82, 2.24) is 9.97 Å². The fourth-order valence-corrected chi connectivity index (χ4v) is 1.98. The molecule has 1 aromatic heterocycles. The molecule has 0 bridgehead atoms. The van der Waals surface area contributed by atoms with Crippen LogP contribution in [0.3, 0.4) is 0 Å². The molecule has 0 aliphatic heterocycles. The lowest BCUT2D eigenvalue weighted by molar-refractivity contribution is -0.385. The van der Waals surface area contributed by atoms with Crippen LogP contribution in [-0.2, 0) is 6.42 Å². The standard InChI is InChI=1S/C13H11ClFN3O3/c1-2-4-8-12(14)16-7-17-13(8)21-11-9(15)5-3-6-10(11)18(19)20/h3,5-7H,2,4H2,1H3. The van der Waals surface area contributed by atoms with Crippen LogP contribution in [0.4, 0.5) is 10.1 Å². The van der Waals surface area contributed by atoms with E-state index in [2.05, 4.69) is 9.97 Å². The molecule has 0 radical (unpaired) electrons.